The highest BCUT2D eigenvalue weighted by atomic mass is 16.5. The van der Waals surface area contributed by atoms with Gasteiger partial charge in [0.15, 0.2) is 11.5 Å². The second-order valence-corrected chi connectivity index (χ2v) is 5.02. The fourth-order valence-corrected chi connectivity index (χ4v) is 2.42. The smallest absolute Gasteiger partial charge is 0.163 e. The highest BCUT2D eigenvalue weighted by Gasteiger charge is 2.16. The Morgan fingerprint density at radius 1 is 1.26 bits per heavy atom. The number of nitrogens with one attached hydrogen (secondary N) is 1. The number of hydrogen-bond acceptors (Lipinski definition) is 4. The molecule has 4 heteroatoms. The minimum absolute atomic E-state index is 0.555. The van der Waals surface area contributed by atoms with Crippen molar-refractivity contribution in [1.82, 2.24) is 4.90 Å². The summed E-state index contributed by atoms with van der Waals surface area (Å²) in [4.78, 5) is 2.37. The number of ether oxygens (including phenoxy) is 2. The van der Waals surface area contributed by atoms with E-state index in [0.29, 0.717) is 12.6 Å². The molecule has 1 aliphatic heterocycles. The lowest BCUT2D eigenvalue weighted by Crippen LogP contribution is -2.36. The fourth-order valence-electron chi connectivity index (χ4n) is 2.42. The van der Waals surface area contributed by atoms with E-state index in [1.165, 1.54) is 12.8 Å². The van der Waals surface area contributed by atoms with Gasteiger partial charge in [-0.15, -0.1) is 0 Å². The molecule has 106 valence electrons. The summed E-state index contributed by atoms with van der Waals surface area (Å²) >= 11 is 0. The molecule has 1 N–H and O–H groups in total. The highest BCUT2D eigenvalue weighted by molar-refractivity contribution is 5.55. The first-order chi connectivity index (χ1) is 9.22. The third-order valence-electron chi connectivity index (χ3n) is 3.55. The van der Waals surface area contributed by atoms with E-state index in [-0.39, 0.29) is 0 Å². The van der Waals surface area contributed by atoms with E-state index in [1.54, 1.807) is 7.11 Å². The summed E-state index contributed by atoms with van der Waals surface area (Å²) in [6.07, 6.45) is 2.37. The molecule has 0 saturated carbocycles. The van der Waals surface area contributed by atoms with Crippen LogP contribution in [0.15, 0.2) is 18.2 Å². The van der Waals surface area contributed by atoms with Crippen LogP contribution in [0.1, 0.15) is 19.8 Å². The lowest BCUT2D eigenvalue weighted by atomic mass is 10.1. The average molecular weight is 264 g/mol. The number of methoxy groups -OCH3 is 1. The van der Waals surface area contributed by atoms with Crippen molar-refractivity contribution >= 4 is 5.69 Å². The third-order valence-corrected chi connectivity index (χ3v) is 3.55. The van der Waals surface area contributed by atoms with Crippen LogP contribution in [0.4, 0.5) is 5.69 Å². The van der Waals surface area contributed by atoms with E-state index in [0.717, 1.165) is 30.3 Å². The van der Waals surface area contributed by atoms with Gasteiger partial charge in [-0.25, -0.2) is 0 Å². The van der Waals surface area contributed by atoms with Crippen LogP contribution in [0.3, 0.4) is 0 Å². The van der Waals surface area contributed by atoms with Crippen LogP contribution >= 0.6 is 0 Å². The van der Waals surface area contributed by atoms with Crippen molar-refractivity contribution in [2.45, 2.75) is 25.8 Å². The van der Waals surface area contributed by atoms with E-state index in [4.69, 9.17) is 9.47 Å². The van der Waals surface area contributed by atoms with Crippen molar-refractivity contribution in [2.24, 2.45) is 0 Å². The Hall–Kier alpha value is -1.42. The van der Waals surface area contributed by atoms with E-state index in [9.17, 15) is 0 Å². The maximum absolute atomic E-state index is 5.60. The number of nitrogens with zero attached hydrogens (tertiary/aromatic N) is 1. The molecule has 1 heterocycles. The SMILES string of the molecule is CCOc1cc(NC2CCN(C)CC2)ccc1OC. The number of likely N-dealkylation sites (tertiary alicyclic amines) is 1. The van der Waals surface area contributed by atoms with Crippen molar-refractivity contribution in [2.75, 3.05) is 39.2 Å². The first kappa shape index (κ1) is 14.0. The van der Waals surface area contributed by atoms with Crippen LogP contribution in [-0.4, -0.2) is 44.8 Å². The summed E-state index contributed by atoms with van der Waals surface area (Å²) in [5.41, 5.74) is 1.11. The van der Waals surface area contributed by atoms with Crippen LogP contribution in [-0.2, 0) is 0 Å². The van der Waals surface area contributed by atoms with Gasteiger partial charge < -0.3 is 19.7 Å². The molecule has 1 fully saturated rings. The molecule has 1 aliphatic rings. The molecule has 1 aromatic carbocycles. The molecule has 0 unspecified atom stereocenters. The molecule has 0 radical (unpaired) electrons. The Morgan fingerprint density at radius 3 is 2.63 bits per heavy atom. The first-order valence-electron chi connectivity index (χ1n) is 6.99. The lowest BCUT2D eigenvalue weighted by molar-refractivity contribution is 0.264. The molecule has 0 amide bonds. The van der Waals surface area contributed by atoms with Crippen molar-refractivity contribution in [3.8, 4) is 11.5 Å². The molecule has 0 aliphatic carbocycles. The van der Waals surface area contributed by atoms with Gasteiger partial charge in [-0.05, 0) is 52.0 Å². The van der Waals surface area contributed by atoms with Gasteiger partial charge in [-0.1, -0.05) is 0 Å². The summed E-state index contributed by atoms with van der Waals surface area (Å²) in [7, 11) is 3.85. The molecule has 0 spiro atoms. The quantitative estimate of drug-likeness (QED) is 0.886. The maximum Gasteiger partial charge on any atom is 0.163 e. The van der Waals surface area contributed by atoms with Gasteiger partial charge in [-0.2, -0.15) is 0 Å². The number of anilines is 1. The lowest BCUT2D eigenvalue weighted by Gasteiger charge is -2.30. The molecule has 0 bridgehead atoms. The normalized spacial score (nSPS) is 17.2. The summed E-state index contributed by atoms with van der Waals surface area (Å²) < 4.78 is 10.9. The first-order valence-corrected chi connectivity index (χ1v) is 6.99. The minimum Gasteiger partial charge on any atom is -0.493 e. The molecule has 1 aromatic rings. The Labute approximate surface area is 115 Å². The molecule has 19 heavy (non-hydrogen) atoms. The standard InChI is InChI=1S/C15H24N2O2/c1-4-19-15-11-13(5-6-14(15)18-3)16-12-7-9-17(2)10-8-12/h5-6,11-12,16H,4,7-10H2,1-3H3. The fraction of sp³-hybridized carbons (Fsp3) is 0.600. The second kappa shape index (κ2) is 6.66. The van der Waals surface area contributed by atoms with Gasteiger partial charge in [0, 0.05) is 17.8 Å². The predicted octanol–water partition coefficient (Wildman–Crippen LogP) is 2.60. The number of benzene rings is 1. The van der Waals surface area contributed by atoms with Crippen LogP contribution < -0.4 is 14.8 Å². The van der Waals surface area contributed by atoms with E-state index >= 15 is 0 Å². The molecular formula is C15H24N2O2. The zero-order valence-electron chi connectivity index (χ0n) is 12.1. The Balaban J connectivity index is 2.02. The van der Waals surface area contributed by atoms with Crippen molar-refractivity contribution in [3.05, 3.63) is 18.2 Å². The van der Waals surface area contributed by atoms with Gasteiger partial charge in [0.1, 0.15) is 0 Å². The second-order valence-electron chi connectivity index (χ2n) is 5.02. The molecular weight excluding hydrogens is 240 g/mol. The predicted molar refractivity (Wildman–Crippen MR) is 78.3 cm³/mol. The summed E-state index contributed by atoms with van der Waals surface area (Å²) in [6, 6.07) is 6.60. The van der Waals surface area contributed by atoms with Crippen LogP contribution in [0, 0.1) is 0 Å². The van der Waals surface area contributed by atoms with E-state index in [1.807, 2.05) is 19.1 Å². The van der Waals surface area contributed by atoms with E-state index in [2.05, 4.69) is 23.3 Å². The Morgan fingerprint density at radius 2 is 2.00 bits per heavy atom. The molecule has 0 atom stereocenters. The number of hydrogen-bond donors (Lipinski definition) is 1. The number of rotatable bonds is 5. The van der Waals surface area contributed by atoms with Gasteiger partial charge in [0.25, 0.3) is 0 Å². The van der Waals surface area contributed by atoms with Gasteiger partial charge in [0.05, 0.1) is 13.7 Å². The zero-order chi connectivity index (χ0) is 13.7. The summed E-state index contributed by atoms with van der Waals surface area (Å²) in [5.74, 6) is 1.60. The average Bonchev–Trinajstić information content (AvgIpc) is 2.42. The van der Waals surface area contributed by atoms with Crippen molar-refractivity contribution in [3.63, 3.8) is 0 Å². The van der Waals surface area contributed by atoms with Crippen LogP contribution in [0.25, 0.3) is 0 Å². The maximum atomic E-state index is 5.60. The van der Waals surface area contributed by atoms with Gasteiger partial charge >= 0.3 is 0 Å². The topological polar surface area (TPSA) is 33.7 Å². The Bertz CT molecular complexity index is 401. The molecule has 4 nitrogen and oxygen atoms in total. The largest absolute Gasteiger partial charge is 0.493 e. The zero-order valence-corrected chi connectivity index (χ0v) is 12.1. The van der Waals surface area contributed by atoms with Crippen LogP contribution in [0.2, 0.25) is 0 Å². The monoisotopic (exact) mass is 264 g/mol. The number of piperidine rings is 1. The third kappa shape index (κ3) is 3.77. The van der Waals surface area contributed by atoms with Gasteiger partial charge in [-0.3, -0.25) is 0 Å². The van der Waals surface area contributed by atoms with Crippen LogP contribution in [0.5, 0.6) is 11.5 Å². The van der Waals surface area contributed by atoms with E-state index < -0.39 is 0 Å². The van der Waals surface area contributed by atoms with Gasteiger partial charge in [0.2, 0.25) is 0 Å². The van der Waals surface area contributed by atoms with Crippen molar-refractivity contribution in [1.29, 1.82) is 0 Å². The molecule has 0 aromatic heterocycles. The highest BCUT2D eigenvalue weighted by Crippen LogP contribution is 2.31. The summed E-state index contributed by atoms with van der Waals surface area (Å²) in [6.45, 7) is 4.95. The molecule has 2 rings (SSSR count). The molecule has 1 saturated heterocycles. The minimum atomic E-state index is 0.555. The summed E-state index contributed by atoms with van der Waals surface area (Å²) in [5, 5.41) is 3.59. The van der Waals surface area contributed by atoms with Crippen molar-refractivity contribution < 1.29 is 9.47 Å². The Kier molecular flexibility index (Phi) is 4.91.